The molecule has 0 aromatic rings. The quantitative estimate of drug-likeness (QED) is 0.720. The molecule has 2 amide bonds. The topological polar surface area (TPSA) is 60.9 Å². The fraction of sp³-hybridized carbons (Fsp3) is 0.818. The van der Waals surface area contributed by atoms with Crippen LogP contribution in [0.3, 0.4) is 0 Å². The molecule has 1 saturated heterocycles. The van der Waals surface area contributed by atoms with Crippen LogP contribution in [0.4, 0.5) is 4.79 Å². The lowest BCUT2D eigenvalue weighted by Crippen LogP contribution is -2.53. The third-order valence-corrected chi connectivity index (χ3v) is 2.91. The number of unbranched alkanes of at least 4 members (excludes halogenated alkanes) is 2. The van der Waals surface area contributed by atoms with Crippen LogP contribution in [0.25, 0.3) is 0 Å². The summed E-state index contributed by atoms with van der Waals surface area (Å²) in [7, 11) is 1.66. The van der Waals surface area contributed by atoms with Crippen LogP contribution in [0.1, 0.15) is 26.2 Å². The van der Waals surface area contributed by atoms with Crippen LogP contribution in [0.2, 0.25) is 0 Å². The van der Waals surface area contributed by atoms with Crippen LogP contribution >= 0.6 is 0 Å². The van der Waals surface area contributed by atoms with Crippen molar-refractivity contribution < 1.29 is 14.7 Å². The number of carbonyl (C=O) groups excluding carboxylic acids is 1. The van der Waals surface area contributed by atoms with Crippen LogP contribution in [0, 0.1) is 5.92 Å². The van der Waals surface area contributed by atoms with Gasteiger partial charge >= 0.3 is 12.0 Å². The SMILES string of the molecule is CCCCCN1CC(C(=O)O)CN(C)C1=O. The van der Waals surface area contributed by atoms with Gasteiger partial charge in [0.05, 0.1) is 5.92 Å². The standard InChI is InChI=1S/C11H20N2O3/c1-3-4-5-6-13-8-9(10(14)15)7-12(2)11(13)16/h9H,3-8H2,1-2H3,(H,14,15). The molecule has 92 valence electrons. The van der Waals surface area contributed by atoms with E-state index in [1.54, 1.807) is 11.9 Å². The summed E-state index contributed by atoms with van der Waals surface area (Å²) in [6, 6.07) is -0.0476. The third kappa shape index (κ3) is 3.12. The fourth-order valence-corrected chi connectivity index (χ4v) is 1.95. The minimum absolute atomic E-state index is 0.0476. The van der Waals surface area contributed by atoms with Gasteiger partial charge in [-0.2, -0.15) is 0 Å². The van der Waals surface area contributed by atoms with Gasteiger partial charge < -0.3 is 14.9 Å². The highest BCUT2D eigenvalue weighted by molar-refractivity contribution is 5.79. The van der Waals surface area contributed by atoms with Gasteiger partial charge in [0.2, 0.25) is 0 Å². The molecule has 1 heterocycles. The van der Waals surface area contributed by atoms with Crippen molar-refractivity contribution in [3.63, 3.8) is 0 Å². The summed E-state index contributed by atoms with van der Waals surface area (Å²) >= 11 is 0. The second-order valence-electron chi connectivity index (χ2n) is 4.35. The second kappa shape index (κ2) is 5.72. The van der Waals surface area contributed by atoms with Gasteiger partial charge in [-0.25, -0.2) is 4.79 Å². The molecule has 0 bridgehead atoms. The van der Waals surface area contributed by atoms with E-state index in [2.05, 4.69) is 6.92 Å². The maximum Gasteiger partial charge on any atom is 0.319 e. The Balaban J connectivity index is 2.52. The van der Waals surface area contributed by atoms with E-state index in [1.165, 1.54) is 4.90 Å². The summed E-state index contributed by atoms with van der Waals surface area (Å²) in [5.74, 6) is -1.27. The molecule has 16 heavy (non-hydrogen) atoms. The Bertz CT molecular complexity index is 268. The summed E-state index contributed by atoms with van der Waals surface area (Å²) in [4.78, 5) is 25.8. The minimum atomic E-state index is -0.820. The van der Waals surface area contributed by atoms with E-state index < -0.39 is 11.9 Å². The zero-order valence-corrected chi connectivity index (χ0v) is 9.98. The summed E-state index contributed by atoms with van der Waals surface area (Å²) in [6.07, 6.45) is 3.12. The van der Waals surface area contributed by atoms with Crippen molar-refractivity contribution >= 4 is 12.0 Å². The summed E-state index contributed by atoms with van der Waals surface area (Å²) < 4.78 is 0. The van der Waals surface area contributed by atoms with Crippen molar-refractivity contribution in [3.05, 3.63) is 0 Å². The zero-order valence-electron chi connectivity index (χ0n) is 9.98. The van der Waals surface area contributed by atoms with Gasteiger partial charge in [0.15, 0.2) is 0 Å². The highest BCUT2D eigenvalue weighted by atomic mass is 16.4. The number of aliphatic carboxylic acids is 1. The highest BCUT2D eigenvalue weighted by Crippen LogP contribution is 2.14. The first kappa shape index (κ1) is 12.8. The Morgan fingerprint density at radius 3 is 2.69 bits per heavy atom. The van der Waals surface area contributed by atoms with E-state index in [0.717, 1.165) is 19.3 Å². The number of hydrogen-bond acceptors (Lipinski definition) is 2. The van der Waals surface area contributed by atoms with E-state index in [9.17, 15) is 9.59 Å². The summed E-state index contributed by atoms with van der Waals surface area (Å²) in [5, 5.41) is 8.97. The molecule has 1 aliphatic rings. The summed E-state index contributed by atoms with van der Waals surface area (Å²) in [6.45, 7) is 3.44. The van der Waals surface area contributed by atoms with Crippen molar-refractivity contribution in [2.45, 2.75) is 26.2 Å². The molecule has 1 atom stereocenters. The van der Waals surface area contributed by atoms with Crippen LogP contribution in [-0.2, 0) is 4.79 Å². The van der Waals surface area contributed by atoms with Crippen LogP contribution in [-0.4, -0.2) is 53.6 Å². The Hall–Kier alpha value is -1.26. The number of hydrogen-bond donors (Lipinski definition) is 1. The molecule has 0 aliphatic carbocycles. The average Bonchev–Trinajstić information content (AvgIpc) is 2.24. The van der Waals surface area contributed by atoms with Crippen LogP contribution in [0.15, 0.2) is 0 Å². The molecular formula is C11H20N2O3. The number of amides is 2. The molecule has 0 aromatic heterocycles. The predicted octanol–water partition coefficient (Wildman–Crippen LogP) is 1.24. The lowest BCUT2D eigenvalue weighted by molar-refractivity contribution is -0.143. The van der Waals surface area contributed by atoms with Gasteiger partial charge in [0, 0.05) is 26.7 Å². The predicted molar refractivity (Wildman–Crippen MR) is 60.2 cm³/mol. The molecule has 1 fully saturated rings. The monoisotopic (exact) mass is 228 g/mol. The molecule has 0 radical (unpaired) electrons. The molecule has 0 spiro atoms. The Morgan fingerprint density at radius 2 is 2.12 bits per heavy atom. The van der Waals surface area contributed by atoms with E-state index in [4.69, 9.17) is 5.11 Å². The van der Waals surface area contributed by atoms with Crippen molar-refractivity contribution in [1.29, 1.82) is 0 Å². The largest absolute Gasteiger partial charge is 0.481 e. The van der Waals surface area contributed by atoms with E-state index in [-0.39, 0.29) is 6.03 Å². The maximum atomic E-state index is 11.7. The zero-order chi connectivity index (χ0) is 12.1. The molecule has 5 nitrogen and oxygen atoms in total. The lowest BCUT2D eigenvalue weighted by Gasteiger charge is -2.36. The van der Waals surface area contributed by atoms with Crippen LogP contribution < -0.4 is 0 Å². The van der Waals surface area contributed by atoms with Crippen molar-refractivity contribution in [2.75, 3.05) is 26.7 Å². The fourth-order valence-electron chi connectivity index (χ4n) is 1.95. The molecule has 1 N–H and O–H groups in total. The normalized spacial score (nSPS) is 21.4. The Labute approximate surface area is 96.0 Å². The highest BCUT2D eigenvalue weighted by Gasteiger charge is 2.32. The van der Waals surface area contributed by atoms with E-state index in [0.29, 0.717) is 19.6 Å². The molecular weight excluding hydrogens is 208 g/mol. The second-order valence-corrected chi connectivity index (χ2v) is 4.35. The Morgan fingerprint density at radius 1 is 1.44 bits per heavy atom. The van der Waals surface area contributed by atoms with E-state index >= 15 is 0 Å². The van der Waals surface area contributed by atoms with Crippen LogP contribution in [0.5, 0.6) is 0 Å². The van der Waals surface area contributed by atoms with Gasteiger partial charge in [0.1, 0.15) is 0 Å². The van der Waals surface area contributed by atoms with Crippen molar-refractivity contribution in [1.82, 2.24) is 9.80 Å². The average molecular weight is 228 g/mol. The number of rotatable bonds is 5. The van der Waals surface area contributed by atoms with Crippen molar-refractivity contribution in [2.24, 2.45) is 5.92 Å². The molecule has 1 unspecified atom stereocenters. The number of carboxylic acid groups (broad SMARTS) is 1. The molecule has 1 aliphatic heterocycles. The van der Waals surface area contributed by atoms with Gasteiger partial charge in [-0.15, -0.1) is 0 Å². The van der Waals surface area contributed by atoms with Gasteiger partial charge in [-0.1, -0.05) is 19.8 Å². The molecule has 5 heteroatoms. The number of carbonyl (C=O) groups is 2. The number of nitrogens with zero attached hydrogens (tertiary/aromatic N) is 2. The first-order valence-corrected chi connectivity index (χ1v) is 5.79. The Kier molecular flexibility index (Phi) is 4.58. The van der Waals surface area contributed by atoms with Gasteiger partial charge in [0.25, 0.3) is 0 Å². The smallest absolute Gasteiger partial charge is 0.319 e. The van der Waals surface area contributed by atoms with Gasteiger partial charge in [-0.3, -0.25) is 4.79 Å². The minimum Gasteiger partial charge on any atom is -0.481 e. The number of carboxylic acids is 1. The number of urea groups is 1. The first-order chi connectivity index (χ1) is 7.56. The molecule has 0 saturated carbocycles. The van der Waals surface area contributed by atoms with Gasteiger partial charge in [-0.05, 0) is 6.42 Å². The maximum absolute atomic E-state index is 11.7. The van der Waals surface area contributed by atoms with E-state index in [1.807, 2.05) is 0 Å². The lowest BCUT2D eigenvalue weighted by atomic mass is 10.1. The molecule has 0 aromatic carbocycles. The molecule has 1 rings (SSSR count). The third-order valence-electron chi connectivity index (χ3n) is 2.91. The van der Waals surface area contributed by atoms with Crippen molar-refractivity contribution in [3.8, 4) is 0 Å². The summed E-state index contributed by atoms with van der Waals surface area (Å²) in [5.41, 5.74) is 0. The first-order valence-electron chi connectivity index (χ1n) is 5.79.